The molecular formula is C18H29N3O. The molecule has 1 atom stereocenters. The van der Waals surface area contributed by atoms with Crippen LogP contribution in [0.5, 0.6) is 0 Å². The molecular weight excluding hydrogens is 274 g/mol. The molecule has 1 fully saturated rings. The van der Waals surface area contributed by atoms with E-state index >= 15 is 0 Å². The molecule has 3 N–H and O–H groups in total. The van der Waals surface area contributed by atoms with Gasteiger partial charge in [-0.25, -0.2) is 4.79 Å². The summed E-state index contributed by atoms with van der Waals surface area (Å²) in [6.07, 6.45) is 3.26. The zero-order valence-corrected chi connectivity index (χ0v) is 14.1. The van der Waals surface area contributed by atoms with E-state index in [1.54, 1.807) is 0 Å². The number of likely N-dealkylation sites (tertiary alicyclic amines) is 1. The number of piperidine rings is 1. The van der Waals surface area contributed by atoms with E-state index in [0.717, 1.165) is 24.9 Å². The Morgan fingerprint density at radius 1 is 1.27 bits per heavy atom. The van der Waals surface area contributed by atoms with Crippen molar-refractivity contribution in [1.29, 1.82) is 0 Å². The Balaban J connectivity index is 1.90. The summed E-state index contributed by atoms with van der Waals surface area (Å²) in [7, 11) is 0. The lowest BCUT2D eigenvalue weighted by molar-refractivity contribution is 0.153. The summed E-state index contributed by atoms with van der Waals surface area (Å²) in [4.78, 5) is 14.2. The molecule has 1 aliphatic rings. The number of hydrogen-bond acceptors (Lipinski definition) is 2. The number of rotatable bonds is 3. The summed E-state index contributed by atoms with van der Waals surface area (Å²) < 4.78 is 0. The van der Waals surface area contributed by atoms with Crippen LogP contribution in [-0.4, -0.2) is 30.1 Å². The predicted molar refractivity (Wildman–Crippen MR) is 90.8 cm³/mol. The fourth-order valence-electron chi connectivity index (χ4n) is 2.91. The lowest BCUT2D eigenvalue weighted by Gasteiger charge is -2.35. The fraction of sp³-hybridized carbons (Fsp3) is 0.611. The van der Waals surface area contributed by atoms with Crippen molar-refractivity contribution in [2.75, 3.05) is 13.1 Å². The van der Waals surface area contributed by atoms with Crippen LogP contribution >= 0.6 is 0 Å². The van der Waals surface area contributed by atoms with Crippen LogP contribution in [0, 0.1) is 0 Å². The molecule has 1 aromatic rings. The quantitative estimate of drug-likeness (QED) is 0.902. The second kappa shape index (κ2) is 7.14. The van der Waals surface area contributed by atoms with E-state index in [4.69, 9.17) is 5.73 Å². The van der Waals surface area contributed by atoms with E-state index in [1.807, 2.05) is 4.90 Å². The summed E-state index contributed by atoms with van der Waals surface area (Å²) in [5, 5.41) is 3.02. The van der Waals surface area contributed by atoms with E-state index in [1.165, 1.54) is 12.0 Å². The van der Waals surface area contributed by atoms with Crippen molar-refractivity contribution in [2.24, 2.45) is 5.73 Å². The number of benzene rings is 1. The molecule has 2 amide bonds. The molecule has 0 aromatic heterocycles. The van der Waals surface area contributed by atoms with E-state index in [-0.39, 0.29) is 17.5 Å². The number of urea groups is 1. The van der Waals surface area contributed by atoms with Crippen LogP contribution in [0.1, 0.15) is 51.2 Å². The van der Waals surface area contributed by atoms with E-state index in [0.29, 0.717) is 13.1 Å². The molecule has 2 rings (SSSR count). The number of carbonyl (C=O) groups is 1. The van der Waals surface area contributed by atoms with E-state index in [9.17, 15) is 4.79 Å². The number of nitrogens with zero attached hydrogens (tertiary/aromatic N) is 1. The molecule has 1 heterocycles. The highest BCUT2D eigenvalue weighted by Gasteiger charge is 2.25. The summed E-state index contributed by atoms with van der Waals surface area (Å²) >= 11 is 0. The van der Waals surface area contributed by atoms with Crippen LogP contribution in [-0.2, 0) is 12.0 Å². The highest BCUT2D eigenvalue weighted by atomic mass is 16.2. The Morgan fingerprint density at radius 2 is 1.95 bits per heavy atom. The number of carbonyl (C=O) groups excluding carboxylic acids is 1. The zero-order valence-electron chi connectivity index (χ0n) is 14.1. The highest BCUT2D eigenvalue weighted by Crippen LogP contribution is 2.22. The molecule has 1 saturated heterocycles. The number of nitrogens with one attached hydrogen (secondary N) is 1. The first-order valence-corrected chi connectivity index (χ1v) is 8.26. The third kappa shape index (κ3) is 4.23. The largest absolute Gasteiger partial charge is 0.334 e. The summed E-state index contributed by atoms with van der Waals surface area (Å²) in [6.45, 7) is 8.54. The summed E-state index contributed by atoms with van der Waals surface area (Å²) in [6, 6.07) is 8.68. The van der Waals surface area contributed by atoms with Gasteiger partial charge in [0.2, 0.25) is 0 Å². The molecule has 4 nitrogen and oxygen atoms in total. The maximum absolute atomic E-state index is 12.3. The van der Waals surface area contributed by atoms with Gasteiger partial charge in [0.25, 0.3) is 0 Å². The third-order valence-corrected chi connectivity index (χ3v) is 4.42. The van der Waals surface area contributed by atoms with Crippen molar-refractivity contribution in [3.05, 3.63) is 35.4 Å². The Labute approximate surface area is 134 Å². The number of nitrogens with two attached hydrogens (primary N) is 1. The van der Waals surface area contributed by atoms with Crippen LogP contribution in [0.4, 0.5) is 4.79 Å². The summed E-state index contributed by atoms with van der Waals surface area (Å²) in [5.74, 6) is 0. The van der Waals surface area contributed by atoms with Crippen molar-refractivity contribution in [1.82, 2.24) is 10.2 Å². The first-order chi connectivity index (χ1) is 10.4. The smallest absolute Gasteiger partial charge is 0.317 e. The maximum Gasteiger partial charge on any atom is 0.317 e. The van der Waals surface area contributed by atoms with Crippen LogP contribution in [0.25, 0.3) is 0 Å². The average molecular weight is 303 g/mol. The zero-order chi connectivity index (χ0) is 16.2. The molecule has 122 valence electrons. The summed E-state index contributed by atoms with van der Waals surface area (Å²) in [5.41, 5.74) is 8.37. The SMILES string of the molecule is CC(C)(C)c1ccc(CNC(=O)N2CCCCC2CN)cc1. The van der Waals surface area contributed by atoms with Crippen LogP contribution in [0.15, 0.2) is 24.3 Å². The van der Waals surface area contributed by atoms with Crippen molar-refractivity contribution < 1.29 is 4.79 Å². The normalized spacial score (nSPS) is 19.1. The second-order valence-corrected chi connectivity index (χ2v) is 7.18. The fourth-order valence-corrected chi connectivity index (χ4v) is 2.91. The van der Waals surface area contributed by atoms with Gasteiger partial charge in [-0.2, -0.15) is 0 Å². The molecule has 22 heavy (non-hydrogen) atoms. The van der Waals surface area contributed by atoms with Crippen molar-refractivity contribution in [3.63, 3.8) is 0 Å². The monoisotopic (exact) mass is 303 g/mol. The van der Waals surface area contributed by atoms with Crippen molar-refractivity contribution in [2.45, 2.75) is 58.0 Å². The van der Waals surface area contributed by atoms with Gasteiger partial charge in [-0.15, -0.1) is 0 Å². The molecule has 0 aliphatic carbocycles. The lowest BCUT2D eigenvalue weighted by Crippen LogP contribution is -2.51. The van der Waals surface area contributed by atoms with Gasteiger partial charge >= 0.3 is 6.03 Å². The molecule has 0 saturated carbocycles. The van der Waals surface area contributed by atoms with Crippen LogP contribution < -0.4 is 11.1 Å². The molecule has 0 radical (unpaired) electrons. The van der Waals surface area contributed by atoms with Gasteiger partial charge in [0, 0.05) is 25.7 Å². The minimum Gasteiger partial charge on any atom is -0.334 e. The minimum absolute atomic E-state index is 0.00930. The van der Waals surface area contributed by atoms with Gasteiger partial charge in [0.15, 0.2) is 0 Å². The first kappa shape index (κ1) is 16.8. The average Bonchev–Trinajstić information content (AvgIpc) is 2.52. The maximum atomic E-state index is 12.3. The molecule has 0 bridgehead atoms. The molecule has 4 heteroatoms. The minimum atomic E-state index is 0.00930. The van der Waals surface area contributed by atoms with Gasteiger partial charge in [0.05, 0.1) is 0 Å². The number of hydrogen-bond donors (Lipinski definition) is 2. The Kier molecular flexibility index (Phi) is 5.46. The number of amides is 2. The third-order valence-electron chi connectivity index (χ3n) is 4.42. The van der Waals surface area contributed by atoms with Gasteiger partial charge in [0.1, 0.15) is 0 Å². The molecule has 1 aromatic carbocycles. The van der Waals surface area contributed by atoms with Gasteiger partial charge in [-0.05, 0) is 35.8 Å². The Hall–Kier alpha value is -1.55. The first-order valence-electron chi connectivity index (χ1n) is 8.26. The van der Waals surface area contributed by atoms with Gasteiger partial charge < -0.3 is 16.0 Å². The highest BCUT2D eigenvalue weighted by molar-refractivity contribution is 5.74. The van der Waals surface area contributed by atoms with E-state index < -0.39 is 0 Å². The second-order valence-electron chi connectivity index (χ2n) is 7.18. The topological polar surface area (TPSA) is 58.4 Å². The molecule has 1 aliphatic heterocycles. The molecule has 0 spiro atoms. The van der Waals surface area contributed by atoms with Gasteiger partial charge in [-0.3, -0.25) is 0 Å². The van der Waals surface area contributed by atoms with Crippen molar-refractivity contribution in [3.8, 4) is 0 Å². The van der Waals surface area contributed by atoms with E-state index in [2.05, 4.69) is 50.4 Å². The van der Waals surface area contributed by atoms with Crippen LogP contribution in [0.2, 0.25) is 0 Å². The Morgan fingerprint density at radius 3 is 2.55 bits per heavy atom. The lowest BCUT2D eigenvalue weighted by atomic mass is 9.87. The standard InChI is InChI=1S/C18H29N3O/c1-18(2,3)15-9-7-14(8-10-15)13-20-17(22)21-11-5-4-6-16(21)12-19/h7-10,16H,4-6,11-13,19H2,1-3H3,(H,20,22). The van der Waals surface area contributed by atoms with Crippen molar-refractivity contribution >= 4 is 6.03 Å². The van der Waals surface area contributed by atoms with Crippen LogP contribution in [0.3, 0.4) is 0 Å². The predicted octanol–water partition coefficient (Wildman–Crippen LogP) is 3.01. The Bertz CT molecular complexity index is 490. The van der Waals surface area contributed by atoms with Gasteiger partial charge in [-0.1, -0.05) is 45.0 Å². The molecule has 1 unspecified atom stereocenters.